The average Bonchev–Trinajstić information content (AvgIpc) is 2.78. The van der Waals surface area contributed by atoms with E-state index in [1.165, 1.54) is 0 Å². The zero-order valence-corrected chi connectivity index (χ0v) is 23.1. The van der Waals surface area contributed by atoms with Crippen molar-refractivity contribution in [1.82, 2.24) is 4.90 Å². The Morgan fingerprint density at radius 2 is 1.72 bits per heavy atom. The van der Waals surface area contributed by atoms with Crippen molar-refractivity contribution in [2.75, 3.05) is 5.75 Å². The van der Waals surface area contributed by atoms with Crippen molar-refractivity contribution in [3.63, 3.8) is 0 Å². The molecule has 1 aliphatic heterocycles. The Morgan fingerprint density at radius 3 is 2.25 bits per heavy atom. The monoisotopic (exact) mass is 554 g/mol. The molecule has 1 heterocycles. The van der Waals surface area contributed by atoms with Crippen LogP contribution in [-0.4, -0.2) is 47.8 Å². The molecule has 36 heavy (non-hydrogen) atoms. The lowest BCUT2D eigenvalue weighted by Crippen LogP contribution is -2.57. The van der Waals surface area contributed by atoms with Gasteiger partial charge in [0.2, 0.25) is 5.91 Å². The molecule has 3 rings (SSSR count). The lowest BCUT2D eigenvalue weighted by atomic mass is 9.89. The first kappa shape index (κ1) is 28.4. The Labute approximate surface area is 222 Å². The van der Waals surface area contributed by atoms with Crippen LogP contribution in [0.15, 0.2) is 48.5 Å². The van der Waals surface area contributed by atoms with Gasteiger partial charge in [-0.15, -0.1) is 0 Å². The Bertz CT molecular complexity index is 1210. The van der Waals surface area contributed by atoms with Gasteiger partial charge in [0.05, 0.1) is 23.0 Å². The maximum Gasteiger partial charge on any atom is 0.253 e. The van der Waals surface area contributed by atoms with Crippen molar-refractivity contribution < 1.29 is 22.7 Å². The summed E-state index contributed by atoms with van der Waals surface area (Å²) in [6, 6.07) is 12.7. The summed E-state index contributed by atoms with van der Waals surface area (Å²) in [4.78, 5) is 27.2. The topological polar surface area (TPSA) is 107 Å². The summed E-state index contributed by atoms with van der Waals surface area (Å²) in [5.41, 5.74) is 6.84. The number of ether oxygens (including phenoxy) is 1. The third kappa shape index (κ3) is 6.22. The van der Waals surface area contributed by atoms with Gasteiger partial charge in [-0.1, -0.05) is 54.4 Å². The maximum absolute atomic E-state index is 13.8. The lowest BCUT2D eigenvalue weighted by Gasteiger charge is -2.48. The summed E-state index contributed by atoms with van der Waals surface area (Å²) in [6.07, 6.45) is -1.86. The van der Waals surface area contributed by atoms with E-state index in [0.29, 0.717) is 27.6 Å². The van der Waals surface area contributed by atoms with Crippen LogP contribution in [0.25, 0.3) is 0 Å². The molecule has 2 amide bonds. The van der Waals surface area contributed by atoms with E-state index in [0.717, 1.165) is 0 Å². The number of benzene rings is 2. The number of amides is 2. The molecule has 10 heteroatoms. The standard InChI is InChI=1S/C26H32Cl2N2O5S/c1-5-20(15-36(33,34)26(2,3)4)30-23(16-9-11-18(27)12-10-16)24(17-7-6-8-19(28)13-17)35-21(25(30)32)14-22(29)31/h6-13,20-21,23-24H,5,14-15H2,1-4H3,(H2,29,31). The number of sulfone groups is 1. The molecule has 1 aliphatic rings. The molecule has 0 radical (unpaired) electrons. The number of rotatable bonds is 8. The molecule has 1 fully saturated rings. The fourth-order valence-corrected chi connectivity index (χ4v) is 6.05. The molecule has 7 nitrogen and oxygen atoms in total. The number of morpholine rings is 1. The van der Waals surface area contributed by atoms with E-state index in [-0.39, 0.29) is 12.2 Å². The molecule has 0 aromatic heterocycles. The van der Waals surface area contributed by atoms with Crippen LogP contribution in [0, 0.1) is 0 Å². The fourth-order valence-electron chi connectivity index (χ4n) is 4.32. The highest BCUT2D eigenvalue weighted by Crippen LogP contribution is 2.45. The molecule has 0 aliphatic carbocycles. The van der Waals surface area contributed by atoms with Crippen LogP contribution in [0.5, 0.6) is 0 Å². The van der Waals surface area contributed by atoms with Crippen LogP contribution >= 0.6 is 23.2 Å². The first-order chi connectivity index (χ1) is 16.7. The van der Waals surface area contributed by atoms with Gasteiger partial charge in [0.1, 0.15) is 12.2 Å². The number of halogens is 2. The smallest absolute Gasteiger partial charge is 0.253 e. The summed E-state index contributed by atoms with van der Waals surface area (Å²) < 4.78 is 31.7. The minimum atomic E-state index is -3.59. The third-order valence-electron chi connectivity index (χ3n) is 6.41. The van der Waals surface area contributed by atoms with Gasteiger partial charge in [0.25, 0.3) is 5.91 Å². The first-order valence-corrected chi connectivity index (χ1v) is 14.1. The molecule has 4 atom stereocenters. The predicted octanol–water partition coefficient (Wildman–Crippen LogP) is 4.87. The predicted molar refractivity (Wildman–Crippen MR) is 142 cm³/mol. The number of nitrogens with two attached hydrogens (primary N) is 1. The number of primary amides is 1. The first-order valence-electron chi connectivity index (χ1n) is 11.7. The zero-order valence-electron chi connectivity index (χ0n) is 20.8. The van der Waals surface area contributed by atoms with Gasteiger partial charge in [-0.3, -0.25) is 9.59 Å². The Morgan fingerprint density at radius 1 is 1.08 bits per heavy atom. The lowest BCUT2D eigenvalue weighted by molar-refractivity contribution is -0.180. The van der Waals surface area contributed by atoms with Crippen LogP contribution in [0.2, 0.25) is 10.0 Å². The van der Waals surface area contributed by atoms with Gasteiger partial charge in [-0.25, -0.2) is 8.42 Å². The Kier molecular flexibility index (Phi) is 8.76. The summed E-state index contributed by atoms with van der Waals surface area (Å²) in [6.45, 7) is 6.74. The number of carbonyl (C=O) groups is 2. The summed E-state index contributed by atoms with van der Waals surface area (Å²) in [5, 5.41) is 0.991. The van der Waals surface area contributed by atoms with Gasteiger partial charge >= 0.3 is 0 Å². The van der Waals surface area contributed by atoms with Crippen LogP contribution in [0.1, 0.15) is 63.8 Å². The van der Waals surface area contributed by atoms with E-state index >= 15 is 0 Å². The number of nitrogens with zero attached hydrogens (tertiary/aromatic N) is 1. The number of hydrogen-bond donors (Lipinski definition) is 1. The van der Waals surface area contributed by atoms with Gasteiger partial charge in [0, 0.05) is 16.1 Å². The summed E-state index contributed by atoms with van der Waals surface area (Å²) in [5.74, 6) is -1.42. The van der Waals surface area contributed by atoms with Gasteiger partial charge in [0.15, 0.2) is 9.84 Å². The van der Waals surface area contributed by atoms with Gasteiger partial charge < -0.3 is 15.4 Å². The summed E-state index contributed by atoms with van der Waals surface area (Å²) in [7, 11) is -3.59. The molecule has 2 aromatic rings. The van der Waals surface area contributed by atoms with Crippen LogP contribution in [-0.2, 0) is 24.2 Å². The van der Waals surface area contributed by atoms with E-state index in [9.17, 15) is 18.0 Å². The molecule has 2 N–H and O–H groups in total. The Hall–Kier alpha value is -2.13. The minimum absolute atomic E-state index is 0.242. The number of carbonyl (C=O) groups excluding carboxylic acids is 2. The number of hydrogen-bond acceptors (Lipinski definition) is 5. The van der Waals surface area contributed by atoms with Crippen molar-refractivity contribution in [3.8, 4) is 0 Å². The Balaban J connectivity index is 2.21. The highest BCUT2D eigenvalue weighted by atomic mass is 35.5. The molecular weight excluding hydrogens is 523 g/mol. The van der Waals surface area contributed by atoms with Crippen molar-refractivity contribution >= 4 is 44.9 Å². The molecule has 2 aromatic carbocycles. The van der Waals surface area contributed by atoms with Crippen molar-refractivity contribution in [1.29, 1.82) is 0 Å². The maximum atomic E-state index is 13.8. The van der Waals surface area contributed by atoms with Crippen molar-refractivity contribution in [3.05, 3.63) is 69.7 Å². The van der Waals surface area contributed by atoms with Crippen LogP contribution < -0.4 is 5.73 Å². The van der Waals surface area contributed by atoms with Crippen molar-refractivity contribution in [2.24, 2.45) is 5.73 Å². The second-order valence-electron chi connectivity index (χ2n) is 9.97. The van der Waals surface area contributed by atoms with Crippen molar-refractivity contribution in [2.45, 2.75) is 69.6 Å². The quantitative estimate of drug-likeness (QED) is 0.500. The fraction of sp³-hybridized carbons (Fsp3) is 0.462. The van der Waals surface area contributed by atoms with E-state index in [2.05, 4.69) is 0 Å². The normalized spacial score (nSPS) is 21.9. The molecule has 0 saturated carbocycles. The highest BCUT2D eigenvalue weighted by Gasteiger charge is 2.48. The van der Waals surface area contributed by atoms with Crippen LogP contribution in [0.3, 0.4) is 0 Å². The second-order valence-corrected chi connectivity index (χ2v) is 13.6. The van der Waals surface area contributed by atoms with E-state index < -0.39 is 50.7 Å². The van der Waals surface area contributed by atoms with E-state index in [1.54, 1.807) is 68.1 Å². The van der Waals surface area contributed by atoms with E-state index in [1.807, 2.05) is 13.0 Å². The minimum Gasteiger partial charge on any atom is -0.370 e. The average molecular weight is 556 g/mol. The van der Waals surface area contributed by atoms with Gasteiger partial charge in [-0.05, 0) is 62.6 Å². The summed E-state index contributed by atoms with van der Waals surface area (Å²) >= 11 is 12.4. The van der Waals surface area contributed by atoms with E-state index in [4.69, 9.17) is 33.7 Å². The van der Waals surface area contributed by atoms with Crippen LogP contribution in [0.4, 0.5) is 0 Å². The molecule has 196 valence electrons. The molecule has 0 spiro atoms. The molecule has 0 bridgehead atoms. The molecule has 4 unspecified atom stereocenters. The molecule has 1 saturated heterocycles. The van der Waals surface area contributed by atoms with Gasteiger partial charge in [-0.2, -0.15) is 0 Å². The largest absolute Gasteiger partial charge is 0.370 e. The second kappa shape index (κ2) is 11.1. The highest BCUT2D eigenvalue weighted by molar-refractivity contribution is 7.92. The SMILES string of the molecule is CCC(CS(=O)(=O)C(C)(C)C)N1C(=O)C(CC(N)=O)OC(c2cccc(Cl)c2)C1c1ccc(Cl)cc1. The zero-order chi connectivity index (χ0) is 26.8. The molecular formula is C26H32Cl2N2O5S. The third-order valence-corrected chi connectivity index (χ3v) is 9.59.